The zero-order valence-electron chi connectivity index (χ0n) is 17.0. The van der Waals surface area contributed by atoms with Crippen LogP contribution in [0.4, 0.5) is 16.2 Å². The van der Waals surface area contributed by atoms with Gasteiger partial charge in [0.05, 0.1) is 17.7 Å². The van der Waals surface area contributed by atoms with Gasteiger partial charge in [0.15, 0.2) is 0 Å². The monoisotopic (exact) mass is 410 g/mol. The summed E-state index contributed by atoms with van der Waals surface area (Å²) in [5.41, 5.74) is 3.45. The summed E-state index contributed by atoms with van der Waals surface area (Å²) < 4.78 is 0. The second kappa shape index (κ2) is 10.4. The van der Waals surface area contributed by atoms with Gasteiger partial charge in [0.25, 0.3) is 0 Å². The van der Waals surface area contributed by atoms with E-state index in [2.05, 4.69) is 22.0 Å². The van der Waals surface area contributed by atoms with Crippen LogP contribution >= 0.6 is 0 Å². The van der Waals surface area contributed by atoms with Crippen LogP contribution in [0, 0.1) is 11.3 Å². The van der Waals surface area contributed by atoms with Crippen LogP contribution in [0.1, 0.15) is 29.7 Å². The average molecular weight is 410 g/mol. The van der Waals surface area contributed by atoms with Crippen molar-refractivity contribution < 1.29 is 9.59 Å². The SMILES string of the molecule is CC(NC(=O)/C=C/c1ccccc1C#N)c1ccc(NC(=O)Nc2ccccc2)cc1. The van der Waals surface area contributed by atoms with Gasteiger partial charge in [-0.3, -0.25) is 4.79 Å². The van der Waals surface area contributed by atoms with Gasteiger partial charge in [-0.05, 0) is 54.5 Å². The molecule has 3 aromatic carbocycles. The first kappa shape index (κ1) is 21.3. The number of hydrogen-bond donors (Lipinski definition) is 3. The van der Waals surface area contributed by atoms with Gasteiger partial charge in [0, 0.05) is 17.5 Å². The quantitative estimate of drug-likeness (QED) is 0.494. The maximum Gasteiger partial charge on any atom is 0.323 e. The van der Waals surface area contributed by atoms with Crippen molar-refractivity contribution in [2.45, 2.75) is 13.0 Å². The number of amides is 3. The van der Waals surface area contributed by atoms with Gasteiger partial charge in [0.1, 0.15) is 0 Å². The second-order valence-electron chi connectivity index (χ2n) is 6.83. The Hall–Kier alpha value is -4.37. The Morgan fingerprint density at radius 3 is 2.16 bits per heavy atom. The van der Waals surface area contributed by atoms with E-state index in [0.717, 1.165) is 5.56 Å². The van der Waals surface area contributed by atoms with Crippen LogP contribution in [-0.4, -0.2) is 11.9 Å². The van der Waals surface area contributed by atoms with E-state index in [-0.39, 0.29) is 18.0 Å². The molecule has 3 aromatic rings. The molecule has 3 amide bonds. The van der Waals surface area contributed by atoms with Crippen molar-refractivity contribution >= 4 is 29.4 Å². The molecule has 0 bridgehead atoms. The zero-order chi connectivity index (χ0) is 22.1. The minimum Gasteiger partial charge on any atom is -0.346 e. The third-order valence-corrected chi connectivity index (χ3v) is 4.55. The standard InChI is InChI=1S/C25H22N4O2/c1-18(27-24(30)16-13-20-7-5-6-8-21(20)17-26)19-11-14-23(15-12-19)29-25(31)28-22-9-3-2-4-10-22/h2-16,18H,1H3,(H,27,30)(H2,28,29,31)/b16-13+. The van der Waals surface area contributed by atoms with Gasteiger partial charge in [-0.2, -0.15) is 5.26 Å². The molecule has 0 aromatic heterocycles. The maximum absolute atomic E-state index is 12.2. The molecular weight excluding hydrogens is 388 g/mol. The van der Waals surface area contributed by atoms with Crippen LogP contribution in [0.3, 0.4) is 0 Å². The van der Waals surface area contributed by atoms with Gasteiger partial charge >= 0.3 is 6.03 Å². The molecule has 1 atom stereocenters. The van der Waals surface area contributed by atoms with Crippen LogP contribution in [0.5, 0.6) is 0 Å². The van der Waals surface area contributed by atoms with E-state index in [9.17, 15) is 9.59 Å². The molecule has 0 spiro atoms. The highest BCUT2D eigenvalue weighted by molar-refractivity contribution is 5.99. The molecule has 154 valence electrons. The average Bonchev–Trinajstić information content (AvgIpc) is 2.79. The molecule has 0 saturated heterocycles. The lowest BCUT2D eigenvalue weighted by molar-refractivity contribution is -0.117. The van der Waals surface area contributed by atoms with E-state index < -0.39 is 0 Å². The smallest absolute Gasteiger partial charge is 0.323 e. The summed E-state index contributed by atoms with van der Waals surface area (Å²) in [4.78, 5) is 24.3. The molecule has 0 aliphatic rings. The molecular formula is C25H22N4O2. The van der Waals surface area contributed by atoms with Crippen LogP contribution < -0.4 is 16.0 Å². The van der Waals surface area contributed by atoms with E-state index in [1.165, 1.54) is 6.08 Å². The van der Waals surface area contributed by atoms with Crippen LogP contribution in [-0.2, 0) is 4.79 Å². The molecule has 0 heterocycles. The van der Waals surface area contributed by atoms with Crippen LogP contribution in [0.2, 0.25) is 0 Å². The van der Waals surface area contributed by atoms with Crippen molar-refractivity contribution in [3.05, 3.63) is 102 Å². The van der Waals surface area contributed by atoms with Crippen molar-refractivity contribution in [2.24, 2.45) is 0 Å². The molecule has 0 fully saturated rings. The van der Waals surface area contributed by atoms with E-state index in [4.69, 9.17) is 5.26 Å². The fraction of sp³-hybridized carbons (Fsp3) is 0.0800. The maximum atomic E-state index is 12.2. The Morgan fingerprint density at radius 2 is 1.48 bits per heavy atom. The number of hydrogen-bond acceptors (Lipinski definition) is 3. The number of nitriles is 1. The minimum absolute atomic E-state index is 0.226. The molecule has 0 aliphatic heterocycles. The van der Waals surface area contributed by atoms with E-state index >= 15 is 0 Å². The minimum atomic E-state index is -0.330. The Bertz CT molecular complexity index is 1120. The normalized spacial score (nSPS) is 11.4. The number of benzene rings is 3. The molecule has 3 rings (SSSR count). The van der Waals surface area contributed by atoms with Crippen LogP contribution in [0.25, 0.3) is 6.08 Å². The van der Waals surface area contributed by atoms with Crippen molar-refractivity contribution in [2.75, 3.05) is 10.6 Å². The first-order valence-corrected chi connectivity index (χ1v) is 9.76. The highest BCUT2D eigenvalue weighted by Gasteiger charge is 2.09. The number of nitrogens with one attached hydrogen (secondary N) is 3. The molecule has 0 radical (unpaired) electrons. The summed E-state index contributed by atoms with van der Waals surface area (Å²) in [5.74, 6) is -0.260. The molecule has 3 N–H and O–H groups in total. The number of para-hydroxylation sites is 1. The number of carbonyl (C=O) groups excluding carboxylic acids is 2. The molecule has 0 aliphatic carbocycles. The third-order valence-electron chi connectivity index (χ3n) is 4.55. The number of rotatable bonds is 6. The summed E-state index contributed by atoms with van der Waals surface area (Å²) in [5, 5.41) is 17.5. The van der Waals surface area contributed by atoms with Crippen molar-refractivity contribution in [1.29, 1.82) is 5.26 Å². The topological polar surface area (TPSA) is 94.0 Å². The molecule has 0 saturated carbocycles. The fourth-order valence-electron chi connectivity index (χ4n) is 2.92. The Labute approximate surface area is 181 Å². The summed E-state index contributed by atoms with van der Waals surface area (Å²) in [6, 6.07) is 25.1. The Morgan fingerprint density at radius 1 is 0.871 bits per heavy atom. The zero-order valence-corrected chi connectivity index (χ0v) is 17.0. The highest BCUT2D eigenvalue weighted by Crippen LogP contribution is 2.17. The van der Waals surface area contributed by atoms with Gasteiger partial charge in [-0.1, -0.05) is 48.5 Å². The molecule has 6 nitrogen and oxygen atoms in total. The first-order valence-electron chi connectivity index (χ1n) is 9.76. The highest BCUT2D eigenvalue weighted by atomic mass is 16.2. The van der Waals surface area contributed by atoms with Gasteiger partial charge < -0.3 is 16.0 Å². The first-order chi connectivity index (χ1) is 15.0. The number of anilines is 2. The third kappa shape index (κ3) is 6.31. The molecule has 6 heteroatoms. The van der Waals surface area contributed by atoms with Gasteiger partial charge in [-0.15, -0.1) is 0 Å². The van der Waals surface area contributed by atoms with Crippen molar-refractivity contribution in [3.63, 3.8) is 0 Å². The van der Waals surface area contributed by atoms with Gasteiger partial charge in [-0.25, -0.2) is 4.79 Å². The molecule has 31 heavy (non-hydrogen) atoms. The fourth-order valence-corrected chi connectivity index (χ4v) is 2.92. The van der Waals surface area contributed by atoms with Crippen LogP contribution in [0.15, 0.2) is 84.9 Å². The lowest BCUT2D eigenvalue weighted by atomic mass is 10.1. The predicted molar refractivity (Wildman–Crippen MR) is 122 cm³/mol. The summed E-state index contributed by atoms with van der Waals surface area (Å²) in [6.07, 6.45) is 3.04. The second-order valence-corrected chi connectivity index (χ2v) is 6.83. The Kier molecular flexibility index (Phi) is 7.17. The number of carbonyl (C=O) groups is 2. The lowest BCUT2D eigenvalue weighted by Gasteiger charge is -2.14. The Balaban J connectivity index is 1.54. The number of nitrogens with zero attached hydrogens (tertiary/aromatic N) is 1. The summed E-state index contributed by atoms with van der Waals surface area (Å²) >= 11 is 0. The van der Waals surface area contributed by atoms with Gasteiger partial charge in [0.2, 0.25) is 5.91 Å². The molecule has 1 unspecified atom stereocenters. The van der Waals surface area contributed by atoms with E-state index in [1.54, 1.807) is 48.5 Å². The lowest BCUT2D eigenvalue weighted by Crippen LogP contribution is -2.24. The van der Waals surface area contributed by atoms with Crippen molar-refractivity contribution in [3.8, 4) is 6.07 Å². The van der Waals surface area contributed by atoms with E-state index in [1.807, 2.05) is 43.3 Å². The number of urea groups is 1. The van der Waals surface area contributed by atoms with Crippen molar-refractivity contribution in [1.82, 2.24) is 5.32 Å². The summed E-state index contributed by atoms with van der Waals surface area (Å²) in [6.45, 7) is 1.87. The predicted octanol–water partition coefficient (Wildman–Crippen LogP) is 5.09. The largest absolute Gasteiger partial charge is 0.346 e. The van der Waals surface area contributed by atoms with E-state index in [0.29, 0.717) is 22.5 Å². The summed E-state index contributed by atoms with van der Waals surface area (Å²) in [7, 11) is 0.